The van der Waals surface area contributed by atoms with Crippen LogP contribution >= 0.6 is 0 Å². The molecule has 1 heterocycles. The molecule has 0 aromatic carbocycles. The molecule has 70 valence electrons. The lowest BCUT2D eigenvalue weighted by Gasteiger charge is -2.26. The van der Waals surface area contributed by atoms with Crippen molar-refractivity contribution < 1.29 is 17.7 Å². The molecule has 0 aromatic rings. The van der Waals surface area contributed by atoms with Crippen LogP contribution in [0.15, 0.2) is 0 Å². The third kappa shape index (κ3) is 3.15. The van der Waals surface area contributed by atoms with E-state index < -0.39 is 19.2 Å². The summed E-state index contributed by atoms with van der Waals surface area (Å²) >= 11 is 0. The third-order valence-electron chi connectivity index (χ3n) is 1.95. The van der Waals surface area contributed by atoms with Gasteiger partial charge in [0, 0.05) is 13.0 Å². The van der Waals surface area contributed by atoms with Crippen molar-refractivity contribution in [3.8, 4) is 0 Å². The van der Waals surface area contributed by atoms with Gasteiger partial charge in [-0.25, -0.2) is 0 Å². The van der Waals surface area contributed by atoms with Gasteiger partial charge in [-0.15, -0.1) is 0 Å². The minimum atomic E-state index is -4.73. The third-order valence-corrected chi connectivity index (χ3v) is 1.95. The molecule has 1 fully saturated rings. The topological polar surface area (TPSA) is 29.1 Å². The van der Waals surface area contributed by atoms with Gasteiger partial charge >= 0.3 is 6.98 Å². The maximum atomic E-state index is 11.9. The Morgan fingerprint density at radius 3 is 2.67 bits per heavy atom. The Morgan fingerprint density at radius 1 is 1.50 bits per heavy atom. The van der Waals surface area contributed by atoms with E-state index in [4.69, 9.17) is 0 Å². The summed E-state index contributed by atoms with van der Waals surface area (Å²) in [6.45, 7) is -4.34. The van der Waals surface area contributed by atoms with E-state index in [9.17, 15) is 17.7 Å². The van der Waals surface area contributed by atoms with Gasteiger partial charge in [0.25, 0.3) is 0 Å². The molecule has 12 heavy (non-hydrogen) atoms. The lowest BCUT2D eigenvalue weighted by atomic mass is 9.75. The number of halogens is 3. The molecule has 1 N–H and O–H groups in total. The molecule has 1 aliphatic heterocycles. The van der Waals surface area contributed by atoms with Crippen molar-refractivity contribution in [1.82, 2.24) is 5.32 Å². The fourth-order valence-electron chi connectivity index (χ4n) is 1.43. The molecule has 0 spiro atoms. The predicted octanol–water partition coefficient (Wildman–Crippen LogP) is 1.36. The van der Waals surface area contributed by atoms with E-state index in [0.29, 0.717) is 13.0 Å². The van der Waals surface area contributed by atoms with Gasteiger partial charge in [-0.1, -0.05) is 12.2 Å². The van der Waals surface area contributed by atoms with Crippen molar-refractivity contribution in [1.29, 1.82) is 0 Å². The highest BCUT2D eigenvalue weighted by Crippen LogP contribution is 2.26. The van der Waals surface area contributed by atoms with Crippen LogP contribution in [0.5, 0.6) is 0 Å². The van der Waals surface area contributed by atoms with Gasteiger partial charge in [0.05, 0.1) is 0 Å². The van der Waals surface area contributed by atoms with Crippen LogP contribution in [-0.2, 0) is 4.79 Å². The summed E-state index contributed by atoms with van der Waals surface area (Å²) in [6.07, 6.45) is -0.290. The van der Waals surface area contributed by atoms with Gasteiger partial charge in [-0.05, 0) is 6.42 Å². The van der Waals surface area contributed by atoms with Crippen LogP contribution in [-0.4, -0.2) is 19.4 Å². The second-order valence-corrected chi connectivity index (χ2v) is 3.15. The minimum absolute atomic E-state index is 0.0290. The molecule has 1 unspecified atom stereocenters. The van der Waals surface area contributed by atoms with Crippen LogP contribution in [0.4, 0.5) is 12.9 Å². The average Bonchev–Trinajstić information content (AvgIpc) is 1.82. The van der Waals surface area contributed by atoms with E-state index in [2.05, 4.69) is 5.32 Å². The van der Waals surface area contributed by atoms with Gasteiger partial charge in [-0.3, -0.25) is 4.79 Å². The number of carbonyl (C=O) groups excluding carboxylic acids is 1. The zero-order valence-corrected chi connectivity index (χ0v) is 6.53. The summed E-state index contributed by atoms with van der Waals surface area (Å²) in [7, 11) is 0. The monoisotopic (exact) mass is 180 g/mol. The molecule has 6 heteroatoms. The van der Waals surface area contributed by atoms with Gasteiger partial charge in [-0.2, -0.15) is 0 Å². The largest absolute Gasteiger partial charge is 0.478 e. The fourth-order valence-corrected chi connectivity index (χ4v) is 1.43. The molecule has 1 amide bonds. The van der Waals surface area contributed by atoms with E-state index in [1.165, 1.54) is 0 Å². The Labute approximate surface area is 68.6 Å². The quantitative estimate of drug-likeness (QED) is 0.638. The summed E-state index contributed by atoms with van der Waals surface area (Å²) in [5, 5.41) is 2.50. The zero-order valence-electron chi connectivity index (χ0n) is 6.53. The molecule has 0 bridgehead atoms. The van der Waals surface area contributed by atoms with Gasteiger partial charge in [0.1, 0.15) is 0 Å². The van der Waals surface area contributed by atoms with Gasteiger partial charge in [0.15, 0.2) is 0 Å². The standard InChI is InChI=1S/C6H10BF3NO/c8-7(9,10)4-5-1-2-11-6(12)3-5/h5H,1-4H2,(H,11,12)/q-1. The number of hydrogen-bond acceptors (Lipinski definition) is 1. The van der Waals surface area contributed by atoms with Crippen molar-refractivity contribution in [2.75, 3.05) is 6.54 Å². The SMILES string of the molecule is O=C1CC(C[B-](F)(F)F)CCN1. The van der Waals surface area contributed by atoms with Crippen LogP contribution in [0.25, 0.3) is 0 Å². The molecule has 1 saturated heterocycles. The molecule has 0 aliphatic carbocycles. The van der Waals surface area contributed by atoms with Gasteiger partial charge in [0.2, 0.25) is 5.91 Å². The Balaban J connectivity index is 2.37. The molecule has 2 nitrogen and oxygen atoms in total. The number of carbonyl (C=O) groups is 1. The minimum Gasteiger partial charge on any atom is -0.449 e. The first-order chi connectivity index (χ1) is 5.47. The van der Waals surface area contributed by atoms with E-state index >= 15 is 0 Å². The van der Waals surface area contributed by atoms with Crippen LogP contribution in [0, 0.1) is 5.92 Å². The smallest absolute Gasteiger partial charge is 0.449 e. The Morgan fingerprint density at radius 2 is 2.17 bits per heavy atom. The zero-order chi connectivity index (χ0) is 9.19. The number of nitrogens with one attached hydrogen (secondary N) is 1. The highest BCUT2D eigenvalue weighted by atomic mass is 19.4. The second kappa shape index (κ2) is 3.37. The van der Waals surface area contributed by atoms with E-state index in [1.807, 2.05) is 0 Å². The van der Waals surface area contributed by atoms with Crippen molar-refractivity contribution in [2.45, 2.75) is 19.2 Å². The van der Waals surface area contributed by atoms with Crippen molar-refractivity contribution in [3.05, 3.63) is 0 Å². The summed E-state index contributed by atoms with van der Waals surface area (Å²) in [5.41, 5.74) is 0. The van der Waals surface area contributed by atoms with Gasteiger partial charge < -0.3 is 18.3 Å². The molecular weight excluding hydrogens is 170 g/mol. The van der Waals surface area contributed by atoms with Crippen LogP contribution in [0.3, 0.4) is 0 Å². The van der Waals surface area contributed by atoms with E-state index in [0.717, 1.165) is 0 Å². The Bertz CT molecular complexity index is 182. The first kappa shape index (κ1) is 9.41. The summed E-state index contributed by atoms with van der Waals surface area (Å²) in [4.78, 5) is 10.7. The molecule has 1 rings (SSSR count). The Kier molecular flexibility index (Phi) is 2.64. The number of rotatable bonds is 2. The van der Waals surface area contributed by atoms with Crippen LogP contribution in [0.1, 0.15) is 12.8 Å². The first-order valence-electron chi connectivity index (χ1n) is 3.95. The van der Waals surface area contributed by atoms with Crippen molar-refractivity contribution in [2.24, 2.45) is 5.92 Å². The van der Waals surface area contributed by atoms with Crippen molar-refractivity contribution in [3.63, 3.8) is 0 Å². The predicted molar refractivity (Wildman–Crippen MR) is 39.6 cm³/mol. The van der Waals surface area contributed by atoms with E-state index in [-0.39, 0.29) is 12.3 Å². The molecular formula is C6H10BF3NO-. The lowest BCUT2D eigenvalue weighted by molar-refractivity contribution is -0.123. The second-order valence-electron chi connectivity index (χ2n) is 3.15. The Hall–Kier alpha value is -0.675. The fraction of sp³-hybridized carbons (Fsp3) is 0.833. The highest BCUT2D eigenvalue weighted by molar-refractivity contribution is 6.58. The maximum absolute atomic E-state index is 11.9. The summed E-state index contributed by atoms with van der Waals surface area (Å²) in [5.74, 6) is -0.745. The number of amides is 1. The molecule has 0 radical (unpaired) electrons. The van der Waals surface area contributed by atoms with E-state index in [1.54, 1.807) is 0 Å². The normalized spacial score (nSPS) is 25.2. The highest BCUT2D eigenvalue weighted by Gasteiger charge is 2.30. The lowest BCUT2D eigenvalue weighted by Crippen LogP contribution is -2.35. The summed E-state index contributed by atoms with van der Waals surface area (Å²) < 4.78 is 35.7. The molecule has 1 aliphatic rings. The molecule has 1 atom stereocenters. The maximum Gasteiger partial charge on any atom is 0.478 e. The molecule has 0 saturated carbocycles. The first-order valence-corrected chi connectivity index (χ1v) is 3.95. The van der Waals surface area contributed by atoms with Crippen LogP contribution < -0.4 is 5.32 Å². The van der Waals surface area contributed by atoms with Crippen LogP contribution in [0.2, 0.25) is 6.32 Å². The number of piperidine rings is 1. The number of hydrogen-bond donors (Lipinski definition) is 1. The average molecular weight is 180 g/mol. The summed E-state index contributed by atoms with van der Waals surface area (Å²) in [6, 6.07) is 0. The van der Waals surface area contributed by atoms with Crippen molar-refractivity contribution >= 4 is 12.9 Å². The molecule has 0 aromatic heterocycles.